The lowest BCUT2D eigenvalue weighted by Crippen LogP contribution is -2.23. The molecule has 0 aromatic heterocycles. The van der Waals surface area contributed by atoms with Gasteiger partial charge in [0.05, 0.1) is 0 Å². The van der Waals surface area contributed by atoms with Gasteiger partial charge in [-0.3, -0.25) is 0 Å². The van der Waals surface area contributed by atoms with Crippen LogP contribution >= 0.6 is 0 Å². The Morgan fingerprint density at radius 2 is 1.61 bits per heavy atom. The molecule has 0 heterocycles. The molecular weight excluding hydrogens is 282 g/mol. The second-order valence-electron chi connectivity index (χ2n) is 5.36. The van der Waals surface area contributed by atoms with Crippen molar-refractivity contribution < 1.29 is 4.74 Å². The molecule has 0 aliphatic heterocycles. The fourth-order valence-electron chi connectivity index (χ4n) is 2.64. The molecule has 1 unspecified atom stereocenters. The Labute approximate surface area is 136 Å². The summed E-state index contributed by atoms with van der Waals surface area (Å²) in [7, 11) is 1.56. The summed E-state index contributed by atoms with van der Waals surface area (Å²) in [4.78, 5) is 0. The van der Waals surface area contributed by atoms with Crippen molar-refractivity contribution in [2.24, 2.45) is 0 Å². The molecule has 3 aromatic rings. The van der Waals surface area contributed by atoms with Crippen molar-refractivity contribution in [1.82, 2.24) is 0 Å². The monoisotopic (exact) mass is 299 g/mol. The van der Waals surface area contributed by atoms with Gasteiger partial charge in [0, 0.05) is 12.7 Å². The Kier molecular flexibility index (Phi) is 4.23. The third-order valence-electron chi connectivity index (χ3n) is 3.97. The minimum absolute atomic E-state index is 0.821. The third-order valence-corrected chi connectivity index (χ3v) is 3.97. The molecule has 0 bridgehead atoms. The van der Waals surface area contributed by atoms with Crippen LogP contribution < -0.4 is 0 Å². The molecule has 0 fully saturated rings. The Balaban J connectivity index is 1.99. The van der Waals surface area contributed by atoms with Crippen molar-refractivity contribution in [3.63, 3.8) is 0 Å². The molecule has 0 aliphatic rings. The molecule has 0 amide bonds. The van der Waals surface area contributed by atoms with E-state index in [0.29, 0.717) is 0 Å². The van der Waals surface area contributed by atoms with Crippen LogP contribution in [0.4, 0.5) is 0 Å². The van der Waals surface area contributed by atoms with Crippen LogP contribution in [0.15, 0.2) is 78.9 Å². The fraction of sp³-hybridized carbons (Fsp3) is 0.0952. The van der Waals surface area contributed by atoms with Crippen molar-refractivity contribution in [2.45, 2.75) is 5.60 Å². The number of hydrogen-bond acceptors (Lipinski definition) is 2. The number of fused-ring (bicyclic) bond motifs is 1. The number of methoxy groups -OCH3 is 1. The molecule has 0 aliphatic carbocycles. The topological polar surface area (TPSA) is 33.0 Å². The maximum absolute atomic E-state index is 9.65. The summed E-state index contributed by atoms with van der Waals surface area (Å²) in [5.41, 5.74) is 0.783. The summed E-state index contributed by atoms with van der Waals surface area (Å²) < 4.78 is 5.53. The number of rotatable bonds is 4. The molecule has 0 saturated carbocycles. The maximum Gasteiger partial charge on any atom is 0.198 e. The van der Waals surface area contributed by atoms with E-state index < -0.39 is 5.60 Å². The van der Waals surface area contributed by atoms with Gasteiger partial charge in [0.25, 0.3) is 0 Å². The van der Waals surface area contributed by atoms with Crippen molar-refractivity contribution >= 4 is 16.8 Å². The summed E-state index contributed by atoms with van der Waals surface area (Å²) >= 11 is 0. The van der Waals surface area contributed by atoms with E-state index in [2.05, 4.69) is 30.3 Å². The first-order valence-electron chi connectivity index (χ1n) is 7.47. The SMILES string of the molecule is COC(C#N)(/C=C/c1ccc2ccccc2c1)c1ccccc1. The van der Waals surface area contributed by atoms with Gasteiger partial charge in [0.15, 0.2) is 5.60 Å². The van der Waals surface area contributed by atoms with Gasteiger partial charge in [0.1, 0.15) is 6.07 Å². The molecule has 3 aromatic carbocycles. The molecule has 112 valence electrons. The minimum Gasteiger partial charge on any atom is -0.356 e. The Bertz CT molecular complexity index is 877. The van der Waals surface area contributed by atoms with Crippen LogP contribution in [0.2, 0.25) is 0 Å². The number of hydrogen-bond donors (Lipinski definition) is 0. The van der Waals surface area contributed by atoms with Gasteiger partial charge in [-0.05, 0) is 28.5 Å². The van der Waals surface area contributed by atoms with E-state index in [0.717, 1.165) is 11.1 Å². The predicted molar refractivity (Wildman–Crippen MR) is 93.7 cm³/mol. The smallest absolute Gasteiger partial charge is 0.198 e. The van der Waals surface area contributed by atoms with Crippen LogP contribution in [0.5, 0.6) is 0 Å². The van der Waals surface area contributed by atoms with Gasteiger partial charge in [-0.1, -0.05) is 72.8 Å². The van der Waals surface area contributed by atoms with Crippen LogP contribution in [0.25, 0.3) is 16.8 Å². The molecule has 0 N–H and O–H groups in total. The standard InChI is InChI=1S/C21H17NO/c1-23-21(16-22,20-9-3-2-4-10-20)14-13-17-11-12-18-7-5-6-8-19(18)15-17/h2-15H,1H3/b14-13+. The molecule has 0 saturated heterocycles. The second-order valence-corrected chi connectivity index (χ2v) is 5.36. The minimum atomic E-state index is -1.08. The van der Waals surface area contributed by atoms with E-state index in [4.69, 9.17) is 4.74 Å². The maximum atomic E-state index is 9.65. The highest BCUT2D eigenvalue weighted by atomic mass is 16.5. The molecule has 3 rings (SSSR count). The Morgan fingerprint density at radius 1 is 0.913 bits per heavy atom. The zero-order chi connectivity index (χ0) is 16.1. The van der Waals surface area contributed by atoms with Crippen molar-refractivity contribution in [2.75, 3.05) is 7.11 Å². The number of ether oxygens (including phenoxy) is 1. The number of nitriles is 1. The van der Waals surface area contributed by atoms with E-state index in [1.54, 1.807) is 7.11 Å². The number of benzene rings is 3. The lowest BCUT2D eigenvalue weighted by Gasteiger charge is -2.21. The predicted octanol–water partition coefficient (Wildman–Crippen LogP) is 4.92. The van der Waals surface area contributed by atoms with Crippen LogP contribution in [-0.4, -0.2) is 7.11 Å². The zero-order valence-electron chi connectivity index (χ0n) is 12.9. The van der Waals surface area contributed by atoms with Crippen molar-refractivity contribution in [3.05, 3.63) is 90.0 Å². The quantitative estimate of drug-likeness (QED) is 0.685. The van der Waals surface area contributed by atoms with Gasteiger partial charge in [-0.25, -0.2) is 0 Å². The molecule has 2 heteroatoms. The first-order chi connectivity index (χ1) is 11.3. The summed E-state index contributed by atoms with van der Waals surface area (Å²) in [6.07, 6.45) is 3.75. The van der Waals surface area contributed by atoms with E-state index in [9.17, 15) is 5.26 Å². The first-order valence-corrected chi connectivity index (χ1v) is 7.47. The highest BCUT2D eigenvalue weighted by molar-refractivity contribution is 5.84. The lowest BCUT2D eigenvalue weighted by molar-refractivity contribution is 0.0800. The number of nitrogens with zero attached hydrogens (tertiary/aromatic N) is 1. The van der Waals surface area contributed by atoms with Gasteiger partial charge < -0.3 is 4.74 Å². The van der Waals surface area contributed by atoms with Crippen molar-refractivity contribution in [1.29, 1.82) is 5.26 Å². The van der Waals surface area contributed by atoms with E-state index in [1.165, 1.54) is 10.8 Å². The molecule has 0 radical (unpaired) electrons. The summed E-state index contributed by atoms with van der Waals surface area (Å²) in [5.74, 6) is 0. The summed E-state index contributed by atoms with van der Waals surface area (Å²) in [6, 6.07) is 26.3. The van der Waals surface area contributed by atoms with Crippen LogP contribution in [-0.2, 0) is 10.3 Å². The van der Waals surface area contributed by atoms with Gasteiger partial charge >= 0.3 is 0 Å². The van der Waals surface area contributed by atoms with Gasteiger partial charge in [-0.15, -0.1) is 0 Å². The average molecular weight is 299 g/mol. The summed E-state index contributed by atoms with van der Waals surface area (Å²) in [5, 5.41) is 12.0. The van der Waals surface area contributed by atoms with Crippen LogP contribution in [0.3, 0.4) is 0 Å². The normalized spacial score (nSPS) is 13.7. The second kappa shape index (κ2) is 6.48. The average Bonchev–Trinajstić information content (AvgIpc) is 2.64. The molecule has 1 atom stereocenters. The fourth-order valence-corrected chi connectivity index (χ4v) is 2.64. The highest BCUT2D eigenvalue weighted by Gasteiger charge is 2.28. The summed E-state index contributed by atoms with van der Waals surface area (Å²) in [6.45, 7) is 0. The van der Waals surface area contributed by atoms with Gasteiger partial charge in [-0.2, -0.15) is 5.26 Å². The van der Waals surface area contributed by atoms with Crippen LogP contribution in [0.1, 0.15) is 11.1 Å². The van der Waals surface area contributed by atoms with E-state index in [-0.39, 0.29) is 0 Å². The third kappa shape index (κ3) is 3.01. The molecule has 2 nitrogen and oxygen atoms in total. The lowest BCUT2D eigenvalue weighted by atomic mass is 9.93. The first kappa shape index (κ1) is 15.0. The molecule has 0 spiro atoms. The van der Waals surface area contributed by atoms with E-state index >= 15 is 0 Å². The van der Waals surface area contributed by atoms with Crippen molar-refractivity contribution in [3.8, 4) is 6.07 Å². The molecular formula is C21H17NO. The molecule has 23 heavy (non-hydrogen) atoms. The van der Waals surface area contributed by atoms with E-state index in [1.807, 2.05) is 60.7 Å². The van der Waals surface area contributed by atoms with Gasteiger partial charge in [0.2, 0.25) is 0 Å². The van der Waals surface area contributed by atoms with Crippen LogP contribution in [0, 0.1) is 11.3 Å². The largest absolute Gasteiger partial charge is 0.356 e. The Morgan fingerprint density at radius 3 is 2.30 bits per heavy atom. The highest BCUT2D eigenvalue weighted by Crippen LogP contribution is 2.27. The zero-order valence-corrected chi connectivity index (χ0v) is 12.9. The Hall–Kier alpha value is -2.89.